The van der Waals surface area contributed by atoms with Gasteiger partial charge in [-0.05, 0) is 30.3 Å². The van der Waals surface area contributed by atoms with Crippen molar-refractivity contribution >= 4 is 55.7 Å². The van der Waals surface area contributed by atoms with Gasteiger partial charge in [-0.3, -0.25) is 14.9 Å². The number of aromatic nitrogens is 1. The number of nitrogens with one attached hydrogen (secondary N) is 1. The predicted octanol–water partition coefficient (Wildman–Crippen LogP) is 5.12. The molecule has 25 heavy (non-hydrogen) atoms. The van der Waals surface area contributed by atoms with Gasteiger partial charge in [0.1, 0.15) is 5.02 Å². The van der Waals surface area contributed by atoms with Gasteiger partial charge in [0.15, 0.2) is 5.69 Å². The first-order valence-electron chi connectivity index (χ1n) is 6.77. The monoisotopic (exact) mass is 422 g/mol. The Kier molecular flexibility index (Phi) is 4.51. The first-order valence-corrected chi connectivity index (χ1v) is 7.94. The van der Waals surface area contributed by atoms with Crippen LogP contribution in [-0.4, -0.2) is 20.9 Å². The van der Waals surface area contributed by atoms with E-state index in [-0.39, 0.29) is 22.2 Å². The van der Waals surface area contributed by atoms with Gasteiger partial charge < -0.3 is 10.1 Å². The Hall–Kier alpha value is -2.78. The second-order valence-corrected chi connectivity index (χ2v) is 6.26. The molecule has 0 fully saturated rings. The predicted molar refractivity (Wildman–Crippen MR) is 94.6 cm³/mol. The lowest BCUT2D eigenvalue weighted by Crippen LogP contribution is -1.97. The number of nitro groups is 1. The molecule has 0 unspecified atom stereocenters. The van der Waals surface area contributed by atoms with E-state index in [4.69, 9.17) is 11.6 Å². The highest BCUT2D eigenvalue weighted by molar-refractivity contribution is 9.10. The Morgan fingerprint density at radius 2 is 2.04 bits per heavy atom. The molecular formula is C15H8BrClN4O4. The smallest absolute Gasteiger partial charge is 0.295 e. The minimum Gasteiger partial charge on any atom is -0.493 e. The van der Waals surface area contributed by atoms with Gasteiger partial charge in [-0.1, -0.05) is 27.5 Å². The Bertz CT molecular complexity index is 1050. The van der Waals surface area contributed by atoms with Crippen molar-refractivity contribution in [2.45, 2.75) is 0 Å². The van der Waals surface area contributed by atoms with Gasteiger partial charge in [0, 0.05) is 15.9 Å². The third-order valence-corrected chi connectivity index (χ3v) is 4.16. The van der Waals surface area contributed by atoms with Crippen LogP contribution in [0.5, 0.6) is 5.88 Å². The van der Waals surface area contributed by atoms with Gasteiger partial charge in [-0.2, -0.15) is 0 Å². The van der Waals surface area contributed by atoms with E-state index >= 15 is 0 Å². The molecule has 0 aliphatic carbocycles. The number of hydrogen-bond acceptors (Lipinski definition) is 5. The molecule has 1 heterocycles. The Labute approximate surface area is 153 Å². The molecule has 3 rings (SSSR count). The molecule has 1 amide bonds. The highest BCUT2D eigenvalue weighted by Crippen LogP contribution is 2.37. The number of nitrogens with zero attached hydrogens (tertiary/aromatic N) is 3. The summed E-state index contributed by atoms with van der Waals surface area (Å²) in [6.45, 7) is 0. The summed E-state index contributed by atoms with van der Waals surface area (Å²) >= 11 is 9.02. The highest BCUT2D eigenvalue weighted by atomic mass is 79.9. The summed E-state index contributed by atoms with van der Waals surface area (Å²) in [6, 6.07) is 8.78. The molecule has 0 bridgehead atoms. The van der Waals surface area contributed by atoms with E-state index < -0.39 is 16.5 Å². The van der Waals surface area contributed by atoms with Crippen LogP contribution < -0.4 is 0 Å². The zero-order valence-corrected chi connectivity index (χ0v) is 14.6. The molecule has 0 saturated carbocycles. The van der Waals surface area contributed by atoms with Crippen molar-refractivity contribution < 1.29 is 14.8 Å². The lowest BCUT2D eigenvalue weighted by molar-refractivity contribution is -0.384. The largest absolute Gasteiger partial charge is 0.493 e. The summed E-state index contributed by atoms with van der Waals surface area (Å²) in [5.41, 5.74) is 0.263. The highest BCUT2D eigenvalue weighted by Gasteiger charge is 2.17. The molecule has 1 aromatic heterocycles. The summed E-state index contributed by atoms with van der Waals surface area (Å²) in [4.78, 5) is 25.0. The number of nitro benzene ring substituents is 1. The van der Waals surface area contributed by atoms with E-state index in [0.717, 1.165) is 10.5 Å². The molecule has 0 spiro atoms. The van der Waals surface area contributed by atoms with Gasteiger partial charge in [-0.25, -0.2) is 0 Å². The second-order valence-electron chi connectivity index (χ2n) is 4.94. The zero-order valence-electron chi connectivity index (χ0n) is 12.2. The fourth-order valence-corrected chi connectivity index (χ4v) is 2.72. The molecule has 10 heteroatoms. The average Bonchev–Trinajstić information content (AvgIpc) is 2.87. The maximum absolute atomic E-state index is 12.1. The number of fused-ring (bicyclic) bond motifs is 1. The Morgan fingerprint density at radius 1 is 1.28 bits per heavy atom. The number of amides is 1. The number of rotatable bonds is 3. The fraction of sp³-hybridized carbons (Fsp3) is 0. The van der Waals surface area contributed by atoms with Crippen LogP contribution in [0.1, 0.15) is 10.4 Å². The van der Waals surface area contributed by atoms with Gasteiger partial charge in [0.2, 0.25) is 5.88 Å². The van der Waals surface area contributed by atoms with Crippen LogP contribution in [0.4, 0.5) is 11.4 Å². The molecule has 0 atom stereocenters. The Balaban J connectivity index is 1.96. The van der Waals surface area contributed by atoms with E-state index in [2.05, 4.69) is 31.1 Å². The molecule has 0 saturated heterocycles. The van der Waals surface area contributed by atoms with E-state index in [1.807, 2.05) is 0 Å². The quantitative estimate of drug-likeness (QED) is 0.345. The van der Waals surface area contributed by atoms with E-state index in [1.54, 1.807) is 18.2 Å². The summed E-state index contributed by atoms with van der Waals surface area (Å²) in [7, 11) is 0. The van der Waals surface area contributed by atoms with Crippen molar-refractivity contribution in [1.82, 2.24) is 4.98 Å². The van der Waals surface area contributed by atoms with Crippen molar-refractivity contribution in [2.75, 3.05) is 0 Å². The van der Waals surface area contributed by atoms with Crippen LogP contribution in [0.15, 0.2) is 51.1 Å². The number of halogens is 2. The van der Waals surface area contributed by atoms with Crippen LogP contribution in [0.3, 0.4) is 0 Å². The molecule has 2 aromatic carbocycles. The molecule has 2 N–H and O–H groups in total. The van der Waals surface area contributed by atoms with Crippen molar-refractivity contribution in [3.63, 3.8) is 0 Å². The Morgan fingerprint density at radius 3 is 2.76 bits per heavy atom. The molecule has 0 radical (unpaired) electrons. The molecule has 0 aliphatic heterocycles. The van der Waals surface area contributed by atoms with Crippen molar-refractivity contribution in [3.05, 3.63) is 61.6 Å². The number of carbonyl (C=O) groups excluding carboxylic acids is 1. The van der Waals surface area contributed by atoms with Gasteiger partial charge in [0.05, 0.1) is 16.0 Å². The van der Waals surface area contributed by atoms with E-state index in [9.17, 15) is 20.0 Å². The van der Waals surface area contributed by atoms with Crippen LogP contribution in [0.25, 0.3) is 10.9 Å². The minimum atomic E-state index is -0.802. The first kappa shape index (κ1) is 17.1. The average molecular weight is 424 g/mol. The maximum Gasteiger partial charge on any atom is 0.295 e. The normalized spacial score (nSPS) is 11.3. The fourth-order valence-electron chi connectivity index (χ4n) is 2.18. The number of azo groups is 1. The number of aromatic hydroxyl groups is 1. The lowest BCUT2D eigenvalue weighted by Gasteiger charge is -1.98. The maximum atomic E-state index is 12.1. The topological polar surface area (TPSA) is 121 Å². The first-order chi connectivity index (χ1) is 11.9. The number of hydrogen-bond donors (Lipinski definition) is 2. The van der Waals surface area contributed by atoms with E-state index in [0.29, 0.717) is 10.9 Å². The SMILES string of the molecule is O=C(N=Nc1c(O)[nH]c2ccc(Br)cc12)c1ccc(Cl)c([N+](=O)[O-])c1. The third kappa shape index (κ3) is 3.37. The van der Waals surface area contributed by atoms with Gasteiger partial charge in [-0.15, -0.1) is 10.2 Å². The molecule has 8 nitrogen and oxygen atoms in total. The summed E-state index contributed by atoms with van der Waals surface area (Å²) in [6.07, 6.45) is 0. The molecular weight excluding hydrogens is 416 g/mol. The summed E-state index contributed by atoms with van der Waals surface area (Å²) in [5.74, 6) is -1.05. The minimum absolute atomic E-state index is 0.0413. The van der Waals surface area contributed by atoms with Crippen LogP contribution in [-0.2, 0) is 0 Å². The van der Waals surface area contributed by atoms with Crippen LogP contribution in [0.2, 0.25) is 5.02 Å². The zero-order chi connectivity index (χ0) is 18.1. The number of carbonyl (C=O) groups is 1. The van der Waals surface area contributed by atoms with Crippen molar-refractivity contribution in [3.8, 4) is 5.88 Å². The van der Waals surface area contributed by atoms with Crippen LogP contribution in [0, 0.1) is 10.1 Å². The number of H-pyrrole nitrogens is 1. The third-order valence-electron chi connectivity index (χ3n) is 3.34. The van der Waals surface area contributed by atoms with Gasteiger partial charge >= 0.3 is 0 Å². The molecule has 0 aliphatic rings. The summed E-state index contributed by atoms with van der Waals surface area (Å²) in [5, 5.41) is 28.6. The van der Waals surface area contributed by atoms with Crippen LogP contribution >= 0.6 is 27.5 Å². The second kappa shape index (κ2) is 6.61. The van der Waals surface area contributed by atoms with E-state index in [1.165, 1.54) is 12.1 Å². The number of aromatic amines is 1. The standard InChI is InChI=1S/C15H8BrClN4O4/c16-8-2-4-11-9(6-8)13(15(23)18-11)19-20-14(22)7-1-3-10(17)12(5-7)21(24)25/h1-6,18,23H. The number of benzene rings is 2. The van der Waals surface area contributed by atoms with Crippen molar-refractivity contribution in [2.24, 2.45) is 10.2 Å². The van der Waals surface area contributed by atoms with Gasteiger partial charge in [0.25, 0.3) is 11.6 Å². The summed E-state index contributed by atoms with van der Waals surface area (Å²) < 4.78 is 0.759. The molecule has 126 valence electrons. The molecule has 3 aromatic rings. The lowest BCUT2D eigenvalue weighted by atomic mass is 10.2. The van der Waals surface area contributed by atoms with Crippen molar-refractivity contribution in [1.29, 1.82) is 0 Å².